The molecule has 0 amide bonds. The molecule has 4 heteroatoms. The van der Waals surface area contributed by atoms with Gasteiger partial charge in [0, 0.05) is 10.3 Å². The monoisotopic (exact) mass is 402 g/mol. The van der Waals surface area contributed by atoms with Gasteiger partial charge in [-0.15, -0.1) is 11.3 Å². The molecule has 0 bridgehead atoms. The zero-order valence-electron chi connectivity index (χ0n) is 18.1. The van der Waals surface area contributed by atoms with Crippen molar-refractivity contribution in [2.45, 2.75) is 84.7 Å². The maximum Gasteiger partial charge on any atom is 0.346 e. The molecule has 0 saturated carbocycles. The van der Waals surface area contributed by atoms with E-state index < -0.39 is 11.6 Å². The van der Waals surface area contributed by atoms with Crippen molar-refractivity contribution in [2.24, 2.45) is 0 Å². The van der Waals surface area contributed by atoms with Crippen LogP contribution in [0.15, 0.2) is 24.3 Å². The van der Waals surface area contributed by atoms with E-state index in [1.165, 1.54) is 28.0 Å². The number of thiophene rings is 1. The zero-order chi connectivity index (χ0) is 21.1. The molecule has 2 aromatic rings. The van der Waals surface area contributed by atoms with E-state index in [4.69, 9.17) is 0 Å². The SMILES string of the molecule is CCC(C)(O)CCc1ccc(C(CC)(CC)c2cc(C)c(C(=O)O)s2)cc1C. The summed E-state index contributed by atoms with van der Waals surface area (Å²) in [5, 5.41) is 19.8. The van der Waals surface area contributed by atoms with E-state index in [-0.39, 0.29) is 5.41 Å². The molecule has 0 radical (unpaired) electrons. The van der Waals surface area contributed by atoms with Gasteiger partial charge in [-0.1, -0.05) is 39.0 Å². The fraction of sp³-hybridized carbons (Fsp3) is 0.542. The normalized spacial score (nSPS) is 14.1. The maximum atomic E-state index is 11.5. The van der Waals surface area contributed by atoms with Crippen molar-refractivity contribution in [3.63, 3.8) is 0 Å². The highest BCUT2D eigenvalue weighted by atomic mass is 32.1. The summed E-state index contributed by atoms with van der Waals surface area (Å²) in [4.78, 5) is 13.1. The van der Waals surface area contributed by atoms with Crippen LogP contribution in [0.3, 0.4) is 0 Å². The summed E-state index contributed by atoms with van der Waals surface area (Å²) in [5.41, 5.74) is 3.81. The number of rotatable bonds is 9. The summed E-state index contributed by atoms with van der Waals surface area (Å²) in [6, 6.07) is 8.71. The second-order valence-electron chi connectivity index (χ2n) is 8.21. The van der Waals surface area contributed by atoms with Gasteiger partial charge in [0.2, 0.25) is 0 Å². The number of carbonyl (C=O) groups is 1. The van der Waals surface area contributed by atoms with Crippen molar-refractivity contribution in [3.05, 3.63) is 56.3 Å². The van der Waals surface area contributed by atoms with Crippen LogP contribution in [0.4, 0.5) is 0 Å². The fourth-order valence-corrected chi connectivity index (χ4v) is 5.30. The predicted octanol–water partition coefficient (Wildman–Crippen LogP) is 6.26. The molecule has 0 fully saturated rings. The Kier molecular flexibility index (Phi) is 7.11. The lowest BCUT2D eigenvalue weighted by molar-refractivity contribution is 0.0472. The first kappa shape index (κ1) is 22.6. The van der Waals surface area contributed by atoms with Crippen LogP contribution in [0.2, 0.25) is 0 Å². The van der Waals surface area contributed by atoms with Crippen LogP contribution >= 0.6 is 11.3 Å². The fourth-order valence-electron chi connectivity index (χ4n) is 3.93. The van der Waals surface area contributed by atoms with Crippen molar-refractivity contribution >= 4 is 17.3 Å². The second kappa shape index (κ2) is 8.79. The van der Waals surface area contributed by atoms with Gasteiger partial charge in [0.1, 0.15) is 4.88 Å². The van der Waals surface area contributed by atoms with Gasteiger partial charge < -0.3 is 10.2 Å². The molecule has 1 aromatic heterocycles. The summed E-state index contributed by atoms with van der Waals surface area (Å²) >= 11 is 1.41. The van der Waals surface area contributed by atoms with Crippen LogP contribution in [-0.4, -0.2) is 21.8 Å². The van der Waals surface area contributed by atoms with Crippen molar-refractivity contribution in [3.8, 4) is 0 Å². The number of benzene rings is 1. The third-order valence-corrected chi connectivity index (χ3v) is 7.81. The number of aliphatic hydroxyl groups is 1. The molecule has 2 rings (SSSR count). The van der Waals surface area contributed by atoms with Crippen molar-refractivity contribution < 1.29 is 15.0 Å². The lowest BCUT2D eigenvalue weighted by atomic mass is 9.73. The molecule has 0 aliphatic heterocycles. The Morgan fingerprint density at radius 2 is 1.68 bits per heavy atom. The number of aryl methyl sites for hydroxylation is 3. The van der Waals surface area contributed by atoms with Crippen LogP contribution in [0.25, 0.3) is 0 Å². The molecular weight excluding hydrogens is 368 g/mol. The number of hydrogen-bond donors (Lipinski definition) is 2. The van der Waals surface area contributed by atoms with Gasteiger partial charge in [-0.2, -0.15) is 0 Å². The highest BCUT2D eigenvalue weighted by molar-refractivity contribution is 7.14. The molecule has 1 heterocycles. The molecule has 1 atom stereocenters. The van der Waals surface area contributed by atoms with Gasteiger partial charge in [-0.3, -0.25) is 0 Å². The molecule has 28 heavy (non-hydrogen) atoms. The van der Waals surface area contributed by atoms with Crippen LogP contribution < -0.4 is 0 Å². The Bertz CT molecular complexity index is 828. The average molecular weight is 403 g/mol. The minimum atomic E-state index is -0.843. The first-order chi connectivity index (χ1) is 13.1. The summed E-state index contributed by atoms with van der Waals surface area (Å²) in [7, 11) is 0. The quantitative estimate of drug-likeness (QED) is 0.520. The van der Waals surface area contributed by atoms with Gasteiger partial charge in [-0.05, 0) is 81.2 Å². The second-order valence-corrected chi connectivity index (χ2v) is 9.26. The summed E-state index contributed by atoms with van der Waals surface area (Å²) in [5.74, 6) is -0.843. The summed E-state index contributed by atoms with van der Waals surface area (Å²) in [6.45, 7) is 12.3. The topological polar surface area (TPSA) is 57.5 Å². The van der Waals surface area contributed by atoms with Crippen molar-refractivity contribution in [2.75, 3.05) is 0 Å². The number of carboxylic acid groups (broad SMARTS) is 1. The summed E-state index contributed by atoms with van der Waals surface area (Å²) < 4.78 is 0. The van der Waals surface area contributed by atoms with E-state index in [9.17, 15) is 15.0 Å². The van der Waals surface area contributed by atoms with E-state index in [1.807, 2.05) is 20.8 Å². The van der Waals surface area contributed by atoms with Gasteiger partial charge in [0.25, 0.3) is 0 Å². The highest BCUT2D eigenvalue weighted by Crippen LogP contribution is 2.43. The predicted molar refractivity (Wildman–Crippen MR) is 118 cm³/mol. The van der Waals surface area contributed by atoms with Crippen LogP contribution in [0, 0.1) is 13.8 Å². The standard InChI is InChI=1S/C24H34O3S/c1-7-23(6,27)13-12-18-10-11-19(14-16(18)4)24(8-2,9-3)20-15-17(5)21(28-20)22(25)26/h10-11,14-15,27H,7-9,12-13H2,1-6H3,(H,25,26). The van der Waals surface area contributed by atoms with Crippen LogP contribution in [-0.2, 0) is 11.8 Å². The van der Waals surface area contributed by atoms with E-state index in [0.29, 0.717) is 4.88 Å². The largest absolute Gasteiger partial charge is 0.477 e. The van der Waals surface area contributed by atoms with Gasteiger partial charge >= 0.3 is 5.97 Å². The van der Waals surface area contributed by atoms with Crippen LogP contribution in [0.5, 0.6) is 0 Å². The highest BCUT2D eigenvalue weighted by Gasteiger charge is 2.34. The first-order valence-electron chi connectivity index (χ1n) is 10.3. The minimum Gasteiger partial charge on any atom is -0.477 e. The van der Waals surface area contributed by atoms with Crippen LogP contribution in [0.1, 0.15) is 90.2 Å². The Labute approximate surface area is 173 Å². The molecule has 0 spiro atoms. The van der Waals surface area contributed by atoms with E-state index in [1.54, 1.807) is 0 Å². The molecule has 0 aliphatic carbocycles. The molecular formula is C24H34O3S. The Balaban J connectivity index is 2.42. The molecule has 0 saturated heterocycles. The third kappa shape index (κ3) is 4.49. The van der Waals surface area contributed by atoms with Crippen molar-refractivity contribution in [1.29, 1.82) is 0 Å². The number of aromatic carboxylic acids is 1. The van der Waals surface area contributed by atoms with Gasteiger partial charge in [0.05, 0.1) is 5.60 Å². The lowest BCUT2D eigenvalue weighted by Gasteiger charge is -2.32. The minimum absolute atomic E-state index is 0.165. The third-order valence-electron chi connectivity index (χ3n) is 6.38. The summed E-state index contributed by atoms with van der Waals surface area (Å²) in [6.07, 6.45) is 4.21. The first-order valence-corrected chi connectivity index (χ1v) is 11.1. The van der Waals surface area contributed by atoms with Gasteiger partial charge in [0.15, 0.2) is 0 Å². The molecule has 2 N–H and O–H groups in total. The van der Waals surface area contributed by atoms with Crippen molar-refractivity contribution in [1.82, 2.24) is 0 Å². The zero-order valence-corrected chi connectivity index (χ0v) is 18.9. The Morgan fingerprint density at radius 3 is 2.14 bits per heavy atom. The molecule has 0 aliphatic rings. The number of carboxylic acids is 1. The molecule has 3 nitrogen and oxygen atoms in total. The lowest BCUT2D eigenvalue weighted by Crippen LogP contribution is -2.25. The molecule has 1 aromatic carbocycles. The maximum absolute atomic E-state index is 11.5. The van der Waals surface area contributed by atoms with E-state index in [2.05, 4.69) is 45.0 Å². The Morgan fingerprint density at radius 1 is 1.04 bits per heavy atom. The molecule has 154 valence electrons. The average Bonchev–Trinajstić information content (AvgIpc) is 3.05. The van der Waals surface area contributed by atoms with E-state index in [0.717, 1.165) is 42.5 Å². The van der Waals surface area contributed by atoms with Gasteiger partial charge in [-0.25, -0.2) is 4.79 Å². The molecule has 1 unspecified atom stereocenters. The number of hydrogen-bond acceptors (Lipinski definition) is 3. The smallest absolute Gasteiger partial charge is 0.346 e. The van der Waals surface area contributed by atoms with E-state index >= 15 is 0 Å². The Hall–Kier alpha value is -1.65.